The zero-order chi connectivity index (χ0) is 13.2. The number of aliphatic hydroxyl groups is 1. The van der Waals surface area contributed by atoms with Crippen molar-refractivity contribution in [2.45, 2.75) is 40.7 Å². The van der Waals surface area contributed by atoms with Gasteiger partial charge in [0.25, 0.3) is 5.91 Å². The Bertz CT molecular complexity index is 407. The van der Waals surface area contributed by atoms with Gasteiger partial charge in [-0.25, -0.2) is 4.98 Å². The summed E-state index contributed by atoms with van der Waals surface area (Å²) in [6, 6.07) is 0. The fourth-order valence-electron chi connectivity index (χ4n) is 1.32. The second-order valence-electron chi connectivity index (χ2n) is 5.24. The van der Waals surface area contributed by atoms with Crippen LogP contribution in [0.15, 0.2) is 0 Å². The lowest BCUT2D eigenvalue weighted by Crippen LogP contribution is -2.39. The SMILES string of the molecule is Cc1nc(C)c(C(=O)NCC(O)C(C)(C)C)s1. The molecule has 0 aliphatic carbocycles. The van der Waals surface area contributed by atoms with E-state index in [2.05, 4.69) is 10.3 Å². The Kier molecular flexibility index (Phi) is 4.27. The van der Waals surface area contributed by atoms with Gasteiger partial charge in [-0.05, 0) is 19.3 Å². The number of aryl methyl sites for hydroxylation is 2. The number of aromatic nitrogens is 1. The third kappa shape index (κ3) is 3.78. The van der Waals surface area contributed by atoms with E-state index in [-0.39, 0.29) is 17.9 Å². The molecule has 0 bridgehead atoms. The van der Waals surface area contributed by atoms with E-state index < -0.39 is 6.10 Å². The largest absolute Gasteiger partial charge is 0.391 e. The molecule has 1 unspecified atom stereocenters. The maximum absolute atomic E-state index is 11.9. The Balaban J connectivity index is 2.60. The minimum Gasteiger partial charge on any atom is -0.391 e. The highest BCUT2D eigenvalue weighted by Gasteiger charge is 2.23. The second-order valence-corrected chi connectivity index (χ2v) is 6.44. The number of nitrogens with one attached hydrogen (secondary N) is 1. The van der Waals surface area contributed by atoms with Crippen molar-refractivity contribution in [3.05, 3.63) is 15.6 Å². The summed E-state index contributed by atoms with van der Waals surface area (Å²) in [6.07, 6.45) is -0.555. The highest BCUT2D eigenvalue weighted by Crippen LogP contribution is 2.19. The van der Waals surface area contributed by atoms with Gasteiger partial charge in [-0.2, -0.15) is 0 Å². The Hall–Kier alpha value is -0.940. The van der Waals surface area contributed by atoms with Gasteiger partial charge < -0.3 is 10.4 Å². The molecule has 5 heteroatoms. The van der Waals surface area contributed by atoms with E-state index in [1.54, 1.807) is 0 Å². The van der Waals surface area contributed by atoms with E-state index in [9.17, 15) is 9.90 Å². The molecule has 0 radical (unpaired) electrons. The summed E-state index contributed by atoms with van der Waals surface area (Å²) in [7, 11) is 0. The Morgan fingerprint density at radius 1 is 1.47 bits per heavy atom. The quantitative estimate of drug-likeness (QED) is 0.868. The van der Waals surface area contributed by atoms with Gasteiger partial charge in [0.1, 0.15) is 4.88 Å². The lowest BCUT2D eigenvalue weighted by Gasteiger charge is -2.25. The number of thiazole rings is 1. The molecular formula is C12H20N2O2S. The van der Waals surface area contributed by atoms with Crippen molar-refractivity contribution in [2.75, 3.05) is 6.54 Å². The van der Waals surface area contributed by atoms with Crippen molar-refractivity contribution in [3.63, 3.8) is 0 Å². The molecule has 1 aromatic rings. The molecule has 0 aliphatic rings. The van der Waals surface area contributed by atoms with Gasteiger partial charge in [0.2, 0.25) is 0 Å². The maximum Gasteiger partial charge on any atom is 0.263 e. The molecule has 1 amide bonds. The van der Waals surface area contributed by atoms with E-state index in [1.807, 2.05) is 34.6 Å². The van der Waals surface area contributed by atoms with Crippen LogP contribution in [-0.2, 0) is 0 Å². The van der Waals surface area contributed by atoms with Crippen LogP contribution in [0.25, 0.3) is 0 Å². The van der Waals surface area contributed by atoms with Crippen molar-refractivity contribution < 1.29 is 9.90 Å². The summed E-state index contributed by atoms with van der Waals surface area (Å²) in [5.41, 5.74) is 0.515. The van der Waals surface area contributed by atoms with Gasteiger partial charge in [-0.3, -0.25) is 4.79 Å². The Labute approximate surface area is 106 Å². The van der Waals surface area contributed by atoms with Crippen LogP contribution in [0.4, 0.5) is 0 Å². The molecule has 0 fully saturated rings. The summed E-state index contributed by atoms with van der Waals surface area (Å²) < 4.78 is 0. The minimum atomic E-state index is -0.555. The van der Waals surface area contributed by atoms with E-state index in [1.165, 1.54) is 11.3 Å². The van der Waals surface area contributed by atoms with Crippen LogP contribution in [0, 0.1) is 19.3 Å². The van der Waals surface area contributed by atoms with Gasteiger partial charge in [0, 0.05) is 6.54 Å². The molecular weight excluding hydrogens is 236 g/mol. The second kappa shape index (κ2) is 5.14. The van der Waals surface area contributed by atoms with Crippen LogP contribution in [0.1, 0.15) is 41.1 Å². The number of rotatable bonds is 3. The first-order valence-corrected chi connectivity index (χ1v) is 6.43. The predicted octanol–water partition coefficient (Wildman–Crippen LogP) is 1.90. The van der Waals surface area contributed by atoms with Crippen molar-refractivity contribution in [3.8, 4) is 0 Å². The number of carbonyl (C=O) groups is 1. The van der Waals surface area contributed by atoms with Crippen molar-refractivity contribution in [1.29, 1.82) is 0 Å². The molecule has 17 heavy (non-hydrogen) atoms. The molecule has 1 atom stereocenters. The smallest absolute Gasteiger partial charge is 0.263 e. The summed E-state index contributed by atoms with van der Waals surface area (Å²) in [5.74, 6) is -0.156. The highest BCUT2D eigenvalue weighted by atomic mass is 32.1. The van der Waals surface area contributed by atoms with Gasteiger partial charge in [0.15, 0.2) is 0 Å². The summed E-state index contributed by atoms with van der Waals surface area (Å²) in [6.45, 7) is 9.76. The molecule has 0 spiro atoms. The van der Waals surface area contributed by atoms with Crippen LogP contribution in [0.5, 0.6) is 0 Å². The molecule has 0 aromatic carbocycles. The predicted molar refractivity (Wildman–Crippen MR) is 69.4 cm³/mol. The molecule has 2 N–H and O–H groups in total. The first kappa shape index (κ1) is 14.1. The van der Waals surface area contributed by atoms with Gasteiger partial charge >= 0.3 is 0 Å². The summed E-state index contributed by atoms with van der Waals surface area (Å²) >= 11 is 1.38. The van der Waals surface area contributed by atoms with E-state index >= 15 is 0 Å². The summed E-state index contributed by atoms with van der Waals surface area (Å²) in [4.78, 5) is 16.7. The first-order chi connectivity index (χ1) is 7.71. The van der Waals surface area contributed by atoms with Crippen LogP contribution in [-0.4, -0.2) is 28.6 Å². The van der Waals surface area contributed by atoms with Crippen LogP contribution in [0.2, 0.25) is 0 Å². The zero-order valence-electron chi connectivity index (χ0n) is 11.0. The number of nitrogens with zero attached hydrogens (tertiary/aromatic N) is 1. The van der Waals surface area contributed by atoms with Gasteiger partial charge in [-0.1, -0.05) is 20.8 Å². The number of hydrogen-bond donors (Lipinski definition) is 2. The van der Waals surface area contributed by atoms with Crippen molar-refractivity contribution in [1.82, 2.24) is 10.3 Å². The first-order valence-electron chi connectivity index (χ1n) is 5.62. The topological polar surface area (TPSA) is 62.2 Å². The van der Waals surface area contributed by atoms with E-state index in [0.717, 1.165) is 10.7 Å². The fraction of sp³-hybridized carbons (Fsp3) is 0.667. The number of aliphatic hydroxyl groups excluding tert-OH is 1. The highest BCUT2D eigenvalue weighted by molar-refractivity contribution is 7.13. The van der Waals surface area contributed by atoms with Crippen LogP contribution < -0.4 is 5.32 Å². The number of amides is 1. The molecule has 0 saturated heterocycles. The molecule has 4 nitrogen and oxygen atoms in total. The minimum absolute atomic E-state index is 0.156. The molecule has 1 aromatic heterocycles. The zero-order valence-corrected chi connectivity index (χ0v) is 11.8. The Morgan fingerprint density at radius 3 is 2.47 bits per heavy atom. The standard InChI is InChI=1S/C12H20N2O2S/c1-7-10(17-8(2)14-7)11(16)13-6-9(15)12(3,4)5/h9,15H,6H2,1-5H3,(H,13,16). The monoisotopic (exact) mass is 256 g/mol. The Morgan fingerprint density at radius 2 is 2.06 bits per heavy atom. The fourth-order valence-corrected chi connectivity index (χ4v) is 2.15. The normalized spacial score (nSPS) is 13.5. The molecule has 1 rings (SSSR count). The lowest BCUT2D eigenvalue weighted by atomic mass is 9.89. The van der Waals surface area contributed by atoms with Crippen LogP contribution in [0.3, 0.4) is 0 Å². The molecule has 96 valence electrons. The van der Waals surface area contributed by atoms with Gasteiger partial charge in [-0.15, -0.1) is 11.3 Å². The van der Waals surface area contributed by atoms with Crippen molar-refractivity contribution >= 4 is 17.2 Å². The van der Waals surface area contributed by atoms with Crippen molar-refractivity contribution in [2.24, 2.45) is 5.41 Å². The average molecular weight is 256 g/mol. The van der Waals surface area contributed by atoms with E-state index in [0.29, 0.717) is 4.88 Å². The van der Waals surface area contributed by atoms with Gasteiger partial charge in [0.05, 0.1) is 16.8 Å². The average Bonchev–Trinajstić information content (AvgIpc) is 2.52. The number of hydrogen-bond acceptors (Lipinski definition) is 4. The number of carbonyl (C=O) groups excluding carboxylic acids is 1. The maximum atomic E-state index is 11.9. The third-order valence-corrected chi connectivity index (χ3v) is 3.64. The molecule has 0 aliphatic heterocycles. The molecule has 0 saturated carbocycles. The lowest BCUT2D eigenvalue weighted by molar-refractivity contribution is 0.0588. The van der Waals surface area contributed by atoms with Crippen LogP contribution >= 0.6 is 11.3 Å². The molecule has 1 heterocycles. The summed E-state index contributed by atoms with van der Waals surface area (Å²) in [5, 5.41) is 13.4. The third-order valence-electron chi connectivity index (χ3n) is 2.57. The van der Waals surface area contributed by atoms with E-state index in [4.69, 9.17) is 0 Å².